The predicted molar refractivity (Wildman–Crippen MR) is 48.9 cm³/mol. The van der Waals surface area contributed by atoms with Crippen LogP contribution in [0, 0.1) is 0 Å². The summed E-state index contributed by atoms with van der Waals surface area (Å²) in [6.45, 7) is 1.44. The zero-order chi connectivity index (χ0) is 10.9. The van der Waals surface area contributed by atoms with E-state index in [1.807, 2.05) is 0 Å². The Kier molecular flexibility index (Phi) is 2.66. The van der Waals surface area contributed by atoms with Crippen molar-refractivity contribution in [3.05, 3.63) is 23.7 Å². The van der Waals surface area contributed by atoms with Gasteiger partial charge >= 0.3 is 5.97 Å². The highest BCUT2D eigenvalue weighted by Crippen LogP contribution is 2.22. The van der Waals surface area contributed by atoms with Gasteiger partial charge < -0.3 is 9.52 Å². The molecule has 0 saturated heterocycles. The van der Waals surface area contributed by atoms with Crippen LogP contribution in [0.25, 0.3) is 0 Å². The van der Waals surface area contributed by atoms with Crippen LogP contribution in [0.2, 0.25) is 0 Å². The van der Waals surface area contributed by atoms with Crippen LogP contribution in [0.3, 0.4) is 0 Å². The van der Waals surface area contributed by atoms with Gasteiger partial charge in [-0.3, -0.25) is 0 Å². The van der Waals surface area contributed by atoms with E-state index in [-0.39, 0.29) is 11.5 Å². The second kappa shape index (κ2) is 3.45. The van der Waals surface area contributed by atoms with E-state index in [1.165, 1.54) is 19.1 Å². The maximum atomic E-state index is 11.1. The van der Waals surface area contributed by atoms with Crippen molar-refractivity contribution in [3.63, 3.8) is 0 Å². The lowest BCUT2D eigenvalue weighted by atomic mass is 10.3. The molecule has 0 bridgehead atoms. The molecule has 5 nitrogen and oxygen atoms in total. The molecule has 78 valence electrons. The fraction of sp³-hybridized carbons (Fsp3) is 0.375. The normalized spacial score (nSPS) is 13.9. The minimum Gasteiger partial charge on any atom is -0.475 e. The maximum Gasteiger partial charge on any atom is 0.371 e. The maximum absolute atomic E-state index is 11.1. The van der Waals surface area contributed by atoms with Crippen LogP contribution < -0.4 is 0 Å². The third kappa shape index (κ3) is 2.14. The third-order valence-corrected chi connectivity index (χ3v) is 3.40. The van der Waals surface area contributed by atoms with E-state index in [0.29, 0.717) is 0 Å². The zero-order valence-corrected chi connectivity index (χ0v) is 8.54. The highest BCUT2D eigenvalue weighted by atomic mass is 32.2. The van der Waals surface area contributed by atoms with Crippen molar-refractivity contribution in [1.82, 2.24) is 0 Å². The molecule has 0 unspecified atom stereocenters. The summed E-state index contributed by atoms with van der Waals surface area (Å²) in [4.78, 5) is 10.4. The van der Waals surface area contributed by atoms with Gasteiger partial charge in [-0.1, -0.05) is 0 Å². The summed E-state index contributed by atoms with van der Waals surface area (Å²) in [5, 5.41) is 7.72. The Hall–Kier alpha value is -1.30. The van der Waals surface area contributed by atoms with Crippen molar-refractivity contribution < 1.29 is 22.7 Å². The van der Waals surface area contributed by atoms with Gasteiger partial charge in [0.2, 0.25) is 5.76 Å². The molecule has 0 radical (unpaired) electrons. The molecule has 0 aliphatic heterocycles. The molecule has 0 spiro atoms. The lowest BCUT2D eigenvalue weighted by molar-refractivity contribution is 0.0660. The van der Waals surface area contributed by atoms with E-state index in [9.17, 15) is 13.2 Å². The van der Waals surface area contributed by atoms with Crippen molar-refractivity contribution in [2.75, 3.05) is 6.26 Å². The Bertz CT molecular complexity index is 442. The van der Waals surface area contributed by atoms with Crippen LogP contribution in [0.15, 0.2) is 16.5 Å². The zero-order valence-electron chi connectivity index (χ0n) is 7.72. The Morgan fingerprint density at radius 1 is 1.50 bits per heavy atom. The number of rotatable bonds is 3. The molecule has 0 amide bonds. The van der Waals surface area contributed by atoms with Crippen LogP contribution >= 0.6 is 0 Å². The lowest BCUT2D eigenvalue weighted by Crippen LogP contribution is -2.06. The fourth-order valence-electron chi connectivity index (χ4n) is 0.897. The van der Waals surface area contributed by atoms with Crippen molar-refractivity contribution >= 4 is 15.8 Å². The monoisotopic (exact) mass is 218 g/mol. The molecule has 1 aromatic rings. The fourth-order valence-corrected chi connectivity index (χ4v) is 1.45. The summed E-state index contributed by atoms with van der Waals surface area (Å²) < 4.78 is 27.1. The minimum atomic E-state index is -3.25. The first-order chi connectivity index (χ1) is 6.32. The topological polar surface area (TPSA) is 84.6 Å². The number of hydrogen-bond donors (Lipinski definition) is 1. The molecular weight excluding hydrogens is 208 g/mol. The molecular formula is C8H10O5S. The average molecular weight is 218 g/mol. The van der Waals surface area contributed by atoms with Crippen LogP contribution in [-0.4, -0.2) is 25.7 Å². The number of furan rings is 1. The van der Waals surface area contributed by atoms with E-state index in [0.717, 1.165) is 6.26 Å². The number of carboxylic acid groups (broad SMARTS) is 1. The highest BCUT2D eigenvalue weighted by Gasteiger charge is 2.22. The van der Waals surface area contributed by atoms with E-state index in [2.05, 4.69) is 0 Å². The second-order valence-electron chi connectivity index (χ2n) is 2.98. The molecule has 0 aliphatic carbocycles. The SMILES string of the molecule is C[C@@H](c1ccc(C(=O)O)o1)S(C)(=O)=O. The molecule has 14 heavy (non-hydrogen) atoms. The first-order valence-corrected chi connectivity index (χ1v) is 5.79. The van der Waals surface area contributed by atoms with E-state index in [1.54, 1.807) is 0 Å². The number of carbonyl (C=O) groups is 1. The van der Waals surface area contributed by atoms with Crippen LogP contribution in [0.4, 0.5) is 0 Å². The first kappa shape index (κ1) is 10.8. The molecule has 6 heteroatoms. The van der Waals surface area contributed by atoms with Gasteiger partial charge in [-0.25, -0.2) is 13.2 Å². The van der Waals surface area contributed by atoms with E-state index >= 15 is 0 Å². The molecule has 1 rings (SSSR count). The van der Waals surface area contributed by atoms with E-state index in [4.69, 9.17) is 9.52 Å². The largest absolute Gasteiger partial charge is 0.475 e. The van der Waals surface area contributed by atoms with E-state index < -0.39 is 21.1 Å². The Balaban J connectivity index is 3.04. The summed E-state index contributed by atoms with van der Waals surface area (Å²) in [6, 6.07) is 2.59. The molecule has 0 fully saturated rings. The molecule has 1 heterocycles. The highest BCUT2D eigenvalue weighted by molar-refractivity contribution is 7.90. The first-order valence-electron chi connectivity index (χ1n) is 3.84. The molecule has 1 N–H and O–H groups in total. The molecule has 0 saturated carbocycles. The number of sulfone groups is 1. The van der Waals surface area contributed by atoms with Gasteiger partial charge in [0.05, 0.1) is 0 Å². The summed E-state index contributed by atoms with van der Waals surface area (Å²) in [6.07, 6.45) is 1.07. The molecule has 0 aliphatic rings. The molecule has 1 atom stereocenters. The van der Waals surface area contributed by atoms with Crippen molar-refractivity contribution in [2.45, 2.75) is 12.2 Å². The Morgan fingerprint density at radius 2 is 2.07 bits per heavy atom. The summed E-state index contributed by atoms with van der Waals surface area (Å²) in [5.41, 5.74) is 0. The lowest BCUT2D eigenvalue weighted by Gasteiger charge is -2.04. The molecule has 1 aromatic heterocycles. The Morgan fingerprint density at radius 3 is 2.43 bits per heavy atom. The van der Waals surface area contributed by atoms with Crippen LogP contribution in [0.1, 0.15) is 28.5 Å². The van der Waals surface area contributed by atoms with Gasteiger partial charge in [-0.05, 0) is 19.1 Å². The standard InChI is InChI=1S/C8H10O5S/c1-5(14(2,11)12)6-3-4-7(13-6)8(9)10/h3-5H,1-2H3,(H,9,10)/t5-/m0/s1. The predicted octanol–water partition coefficient (Wildman–Crippen LogP) is 1.08. The smallest absolute Gasteiger partial charge is 0.371 e. The van der Waals surface area contributed by atoms with Gasteiger partial charge in [0.25, 0.3) is 0 Å². The minimum absolute atomic E-state index is 0.143. The van der Waals surface area contributed by atoms with Gasteiger partial charge in [-0.2, -0.15) is 0 Å². The number of carboxylic acids is 1. The molecule has 0 aromatic carbocycles. The summed E-state index contributed by atoms with van der Waals surface area (Å²) in [5.74, 6) is -1.32. The van der Waals surface area contributed by atoms with Crippen molar-refractivity contribution in [2.24, 2.45) is 0 Å². The van der Waals surface area contributed by atoms with Gasteiger partial charge in [0, 0.05) is 6.26 Å². The number of aromatic carboxylic acids is 1. The quantitative estimate of drug-likeness (QED) is 0.820. The van der Waals surface area contributed by atoms with Crippen molar-refractivity contribution in [1.29, 1.82) is 0 Å². The number of hydrogen-bond acceptors (Lipinski definition) is 4. The van der Waals surface area contributed by atoms with Crippen LogP contribution in [-0.2, 0) is 9.84 Å². The van der Waals surface area contributed by atoms with Crippen molar-refractivity contribution in [3.8, 4) is 0 Å². The second-order valence-corrected chi connectivity index (χ2v) is 5.35. The summed E-state index contributed by atoms with van der Waals surface area (Å²) in [7, 11) is -3.25. The van der Waals surface area contributed by atoms with Gasteiger partial charge in [-0.15, -0.1) is 0 Å². The summed E-state index contributed by atoms with van der Waals surface area (Å²) >= 11 is 0. The van der Waals surface area contributed by atoms with Gasteiger partial charge in [0.1, 0.15) is 11.0 Å². The van der Waals surface area contributed by atoms with Crippen LogP contribution in [0.5, 0.6) is 0 Å². The van der Waals surface area contributed by atoms with Gasteiger partial charge in [0.15, 0.2) is 9.84 Å². The average Bonchev–Trinajstić information content (AvgIpc) is 2.48. The Labute approximate surface area is 81.3 Å². The third-order valence-electron chi connectivity index (χ3n) is 1.88.